The monoisotopic (exact) mass is 283 g/mol. The normalized spacial score (nSPS) is 27.7. The first kappa shape index (κ1) is 14.9. The Hall–Kier alpha value is -0.540. The summed E-state index contributed by atoms with van der Waals surface area (Å²) in [5.41, 5.74) is 7.54. The summed E-state index contributed by atoms with van der Waals surface area (Å²) in [6.45, 7) is 5.36. The minimum atomic E-state index is 0.234. The maximum Gasteiger partial charge on any atom is 0.0821 e. The number of halogens is 1. The fraction of sp³-hybridized carbons (Fsp3) is 0.800. The minimum absolute atomic E-state index is 0.234. The van der Waals surface area contributed by atoms with Crippen molar-refractivity contribution in [1.29, 1.82) is 0 Å². The van der Waals surface area contributed by atoms with Crippen molar-refractivity contribution >= 4 is 11.6 Å². The molecular weight excluding hydrogens is 258 g/mol. The van der Waals surface area contributed by atoms with Crippen molar-refractivity contribution in [3.63, 3.8) is 0 Å². The molecule has 0 spiro atoms. The second-order valence-electron chi connectivity index (χ2n) is 5.84. The van der Waals surface area contributed by atoms with Crippen LogP contribution in [0.25, 0.3) is 0 Å². The summed E-state index contributed by atoms with van der Waals surface area (Å²) in [6.07, 6.45) is 8.98. The van der Waals surface area contributed by atoms with Crippen molar-refractivity contribution in [2.45, 2.75) is 70.9 Å². The van der Waals surface area contributed by atoms with Gasteiger partial charge in [-0.3, -0.25) is 4.68 Å². The predicted molar refractivity (Wildman–Crippen MR) is 80.5 cm³/mol. The Morgan fingerprint density at radius 1 is 1.37 bits per heavy atom. The van der Waals surface area contributed by atoms with E-state index in [1.165, 1.54) is 31.4 Å². The Bertz CT molecular complexity index is 402. The minimum Gasteiger partial charge on any atom is -0.327 e. The summed E-state index contributed by atoms with van der Waals surface area (Å²) in [6, 6.07) is 0.234. The van der Waals surface area contributed by atoms with Gasteiger partial charge in [0, 0.05) is 18.5 Å². The molecule has 0 amide bonds. The summed E-state index contributed by atoms with van der Waals surface area (Å²) in [5.74, 6) is 1.18. The van der Waals surface area contributed by atoms with Crippen LogP contribution >= 0.6 is 11.6 Å². The fourth-order valence-electron chi connectivity index (χ4n) is 3.40. The van der Waals surface area contributed by atoms with Crippen molar-refractivity contribution < 1.29 is 0 Å². The molecule has 1 aromatic heterocycles. The summed E-state index contributed by atoms with van der Waals surface area (Å²) in [7, 11) is 0. The molecule has 19 heavy (non-hydrogen) atoms. The van der Waals surface area contributed by atoms with Gasteiger partial charge in [0.05, 0.1) is 16.9 Å². The number of aromatic nitrogens is 2. The third-order valence-corrected chi connectivity index (χ3v) is 4.62. The molecule has 4 heteroatoms. The maximum atomic E-state index is 6.37. The van der Waals surface area contributed by atoms with Crippen LogP contribution in [0.1, 0.15) is 64.0 Å². The van der Waals surface area contributed by atoms with Crippen LogP contribution in [0.3, 0.4) is 0 Å². The molecule has 1 heterocycles. The molecule has 0 aliphatic heterocycles. The van der Waals surface area contributed by atoms with E-state index in [1.807, 2.05) is 0 Å². The smallest absolute Gasteiger partial charge is 0.0821 e. The van der Waals surface area contributed by atoms with Gasteiger partial charge in [0.25, 0.3) is 0 Å². The average Bonchev–Trinajstić information content (AvgIpc) is 2.74. The van der Waals surface area contributed by atoms with Crippen LogP contribution in [0.4, 0.5) is 0 Å². The molecule has 108 valence electrons. The lowest BCUT2D eigenvalue weighted by atomic mass is 9.75. The van der Waals surface area contributed by atoms with Gasteiger partial charge in [-0.05, 0) is 31.6 Å². The molecule has 3 nitrogen and oxygen atoms in total. The summed E-state index contributed by atoms with van der Waals surface area (Å²) >= 11 is 6.37. The molecule has 0 saturated heterocycles. The van der Waals surface area contributed by atoms with Crippen LogP contribution in [-0.4, -0.2) is 15.8 Å². The SMILES string of the molecule is CCCC1CCC(N)C(c2c(Cl)cnn2CCC)C1. The molecule has 0 radical (unpaired) electrons. The van der Waals surface area contributed by atoms with E-state index in [1.54, 1.807) is 6.20 Å². The van der Waals surface area contributed by atoms with Gasteiger partial charge in [0.2, 0.25) is 0 Å². The predicted octanol–water partition coefficient (Wildman–Crippen LogP) is 3.96. The molecule has 1 saturated carbocycles. The van der Waals surface area contributed by atoms with Gasteiger partial charge in [-0.25, -0.2) is 0 Å². The van der Waals surface area contributed by atoms with E-state index in [9.17, 15) is 0 Å². The first-order valence-electron chi connectivity index (χ1n) is 7.64. The molecule has 1 aliphatic rings. The molecule has 1 fully saturated rings. The molecule has 0 aromatic carbocycles. The Kier molecular flexibility index (Phi) is 5.28. The van der Waals surface area contributed by atoms with Crippen LogP contribution in [0.5, 0.6) is 0 Å². The van der Waals surface area contributed by atoms with Gasteiger partial charge in [0.1, 0.15) is 0 Å². The van der Waals surface area contributed by atoms with Crippen molar-refractivity contribution in [2.75, 3.05) is 0 Å². The van der Waals surface area contributed by atoms with Gasteiger partial charge >= 0.3 is 0 Å². The zero-order chi connectivity index (χ0) is 13.8. The van der Waals surface area contributed by atoms with Crippen molar-refractivity contribution in [3.8, 4) is 0 Å². The van der Waals surface area contributed by atoms with Crippen LogP contribution in [0.15, 0.2) is 6.20 Å². The van der Waals surface area contributed by atoms with Gasteiger partial charge in [-0.2, -0.15) is 5.10 Å². The zero-order valence-corrected chi connectivity index (χ0v) is 12.9. The molecule has 0 bridgehead atoms. The highest BCUT2D eigenvalue weighted by molar-refractivity contribution is 6.31. The lowest BCUT2D eigenvalue weighted by molar-refractivity contribution is 0.265. The third-order valence-electron chi connectivity index (χ3n) is 4.33. The highest BCUT2D eigenvalue weighted by Crippen LogP contribution is 2.39. The number of nitrogens with zero attached hydrogens (tertiary/aromatic N) is 2. The van der Waals surface area contributed by atoms with Gasteiger partial charge in [-0.15, -0.1) is 0 Å². The van der Waals surface area contributed by atoms with Crippen molar-refractivity contribution in [2.24, 2.45) is 11.7 Å². The van der Waals surface area contributed by atoms with E-state index < -0.39 is 0 Å². The lowest BCUT2D eigenvalue weighted by Crippen LogP contribution is -2.36. The number of aryl methyl sites for hydroxylation is 1. The first-order chi connectivity index (χ1) is 9.17. The second kappa shape index (κ2) is 6.76. The second-order valence-corrected chi connectivity index (χ2v) is 6.25. The van der Waals surface area contributed by atoms with Crippen LogP contribution in [0, 0.1) is 5.92 Å². The van der Waals surface area contributed by atoms with Crippen LogP contribution in [0.2, 0.25) is 5.02 Å². The van der Waals surface area contributed by atoms with E-state index in [0.29, 0.717) is 5.92 Å². The largest absolute Gasteiger partial charge is 0.327 e. The van der Waals surface area contributed by atoms with Crippen LogP contribution in [-0.2, 0) is 6.54 Å². The molecule has 1 aromatic rings. The quantitative estimate of drug-likeness (QED) is 0.889. The third kappa shape index (κ3) is 3.32. The molecular formula is C15H26ClN3. The number of hydrogen-bond donors (Lipinski definition) is 1. The standard InChI is InChI=1S/C15H26ClN3/c1-3-5-11-6-7-14(17)12(9-11)15-13(16)10-18-19(15)8-4-2/h10-12,14H,3-9,17H2,1-2H3. The molecule has 1 aliphatic carbocycles. The number of rotatable bonds is 5. The zero-order valence-electron chi connectivity index (χ0n) is 12.1. The Morgan fingerprint density at radius 3 is 2.84 bits per heavy atom. The highest BCUT2D eigenvalue weighted by atomic mass is 35.5. The first-order valence-corrected chi connectivity index (χ1v) is 8.01. The summed E-state index contributed by atoms with van der Waals surface area (Å²) in [4.78, 5) is 0. The highest BCUT2D eigenvalue weighted by Gasteiger charge is 2.32. The average molecular weight is 284 g/mol. The van der Waals surface area contributed by atoms with E-state index in [-0.39, 0.29) is 6.04 Å². The fourth-order valence-corrected chi connectivity index (χ4v) is 3.68. The van der Waals surface area contributed by atoms with E-state index >= 15 is 0 Å². The number of hydrogen-bond acceptors (Lipinski definition) is 2. The Labute approximate surface area is 121 Å². The number of nitrogens with two attached hydrogens (primary N) is 1. The van der Waals surface area contributed by atoms with Gasteiger partial charge < -0.3 is 5.73 Å². The maximum absolute atomic E-state index is 6.37. The van der Waals surface area contributed by atoms with Crippen molar-refractivity contribution in [3.05, 3.63) is 16.9 Å². The molecule has 3 unspecified atom stereocenters. The van der Waals surface area contributed by atoms with E-state index in [0.717, 1.165) is 30.3 Å². The Morgan fingerprint density at radius 2 is 2.16 bits per heavy atom. The van der Waals surface area contributed by atoms with Crippen molar-refractivity contribution in [1.82, 2.24) is 9.78 Å². The molecule has 2 N–H and O–H groups in total. The van der Waals surface area contributed by atoms with Gasteiger partial charge in [0.15, 0.2) is 0 Å². The lowest BCUT2D eigenvalue weighted by Gasteiger charge is -2.34. The summed E-state index contributed by atoms with van der Waals surface area (Å²) < 4.78 is 2.07. The molecule has 2 rings (SSSR count). The van der Waals surface area contributed by atoms with E-state index in [4.69, 9.17) is 17.3 Å². The summed E-state index contributed by atoms with van der Waals surface area (Å²) in [5, 5.41) is 5.21. The Balaban J connectivity index is 2.20. The topological polar surface area (TPSA) is 43.8 Å². The van der Waals surface area contributed by atoms with Gasteiger partial charge in [-0.1, -0.05) is 38.3 Å². The molecule has 3 atom stereocenters. The van der Waals surface area contributed by atoms with Crippen LogP contribution < -0.4 is 5.73 Å². The van der Waals surface area contributed by atoms with E-state index in [2.05, 4.69) is 23.6 Å².